The van der Waals surface area contributed by atoms with Gasteiger partial charge in [-0.3, -0.25) is 9.59 Å². The van der Waals surface area contributed by atoms with E-state index in [0.717, 1.165) is 30.2 Å². The third kappa shape index (κ3) is 4.39. The van der Waals surface area contributed by atoms with Crippen LogP contribution in [-0.2, 0) is 9.59 Å². The van der Waals surface area contributed by atoms with Crippen LogP contribution < -0.4 is 14.5 Å². The molecule has 1 fully saturated rings. The normalized spacial score (nSPS) is 14.0. The van der Waals surface area contributed by atoms with Crippen molar-refractivity contribution >= 4 is 23.2 Å². The molecule has 1 saturated heterocycles. The van der Waals surface area contributed by atoms with Crippen LogP contribution in [-0.4, -0.2) is 56.5 Å². The van der Waals surface area contributed by atoms with Crippen molar-refractivity contribution in [1.82, 2.24) is 4.90 Å². The molecule has 3 rings (SSSR count). The number of para-hydroxylation sites is 3. The van der Waals surface area contributed by atoms with Crippen molar-refractivity contribution in [3.8, 4) is 5.75 Å². The van der Waals surface area contributed by atoms with E-state index in [9.17, 15) is 9.59 Å². The lowest BCUT2D eigenvalue weighted by atomic mass is 10.2. The number of methoxy groups -OCH3 is 1. The fraction of sp³-hybridized carbons (Fsp3) is 0.333. The molecule has 0 atom stereocenters. The molecule has 6 nitrogen and oxygen atoms in total. The molecule has 2 amide bonds. The lowest BCUT2D eigenvalue weighted by molar-refractivity contribution is -0.131. The molecule has 0 radical (unpaired) electrons. The molecule has 0 bridgehead atoms. The number of amides is 2. The molecule has 1 aliphatic rings. The number of hydrogen-bond donors (Lipinski definition) is 0. The maximum absolute atomic E-state index is 12.7. The highest BCUT2D eigenvalue weighted by Gasteiger charge is 2.25. The molecule has 0 unspecified atom stereocenters. The Balaban J connectivity index is 1.62. The summed E-state index contributed by atoms with van der Waals surface area (Å²) >= 11 is 0. The van der Waals surface area contributed by atoms with Gasteiger partial charge in [-0.2, -0.15) is 0 Å². The highest BCUT2D eigenvalue weighted by molar-refractivity contribution is 5.97. The van der Waals surface area contributed by atoms with Gasteiger partial charge in [-0.15, -0.1) is 0 Å². The zero-order chi connectivity index (χ0) is 19.2. The zero-order valence-electron chi connectivity index (χ0n) is 15.8. The molecular formula is C21H25N3O3. The number of benzene rings is 2. The van der Waals surface area contributed by atoms with Gasteiger partial charge in [0.05, 0.1) is 12.8 Å². The van der Waals surface area contributed by atoms with Gasteiger partial charge >= 0.3 is 0 Å². The first kappa shape index (κ1) is 18.8. The summed E-state index contributed by atoms with van der Waals surface area (Å²) in [5.41, 5.74) is 1.78. The molecular weight excluding hydrogens is 342 g/mol. The smallest absolute Gasteiger partial charge is 0.242 e. The Hall–Kier alpha value is -3.02. The van der Waals surface area contributed by atoms with Gasteiger partial charge in [-0.25, -0.2) is 0 Å². The molecule has 27 heavy (non-hydrogen) atoms. The van der Waals surface area contributed by atoms with E-state index in [0.29, 0.717) is 13.1 Å². The van der Waals surface area contributed by atoms with Crippen LogP contribution in [0.4, 0.5) is 11.4 Å². The summed E-state index contributed by atoms with van der Waals surface area (Å²) in [4.78, 5) is 30.3. The van der Waals surface area contributed by atoms with E-state index < -0.39 is 0 Å². The lowest BCUT2D eigenvalue weighted by Gasteiger charge is -2.37. The standard InChI is InChI=1S/C21H25N3O3/c1-17(25)24(18-8-4-3-5-9-18)16-21(26)23-14-12-22(13-15-23)19-10-6-7-11-20(19)27-2/h3-11H,12-16H2,1-2H3. The average Bonchev–Trinajstić information content (AvgIpc) is 2.72. The Labute approximate surface area is 159 Å². The van der Waals surface area contributed by atoms with Gasteiger partial charge in [0, 0.05) is 38.8 Å². The maximum atomic E-state index is 12.7. The van der Waals surface area contributed by atoms with Crippen molar-refractivity contribution in [2.24, 2.45) is 0 Å². The summed E-state index contributed by atoms with van der Waals surface area (Å²) in [5, 5.41) is 0. The molecule has 2 aromatic carbocycles. The van der Waals surface area contributed by atoms with E-state index in [1.807, 2.05) is 59.5 Å². The minimum atomic E-state index is -0.137. The summed E-state index contributed by atoms with van der Waals surface area (Å²) in [6.45, 7) is 4.26. The van der Waals surface area contributed by atoms with E-state index >= 15 is 0 Å². The number of ether oxygens (including phenoxy) is 1. The topological polar surface area (TPSA) is 53.1 Å². The predicted octanol–water partition coefficient (Wildman–Crippen LogP) is 2.40. The summed E-state index contributed by atoms with van der Waals surface area (Å²) in [7, 11) is 1.67. The SMILES string of the molecule is COc1ccccc1N1CCN(C(=O)CN(C(C)=O)c2ccccc2)CC1. The van der Waals surface area contributed by atoms with E-state index in [4.69, 9.17) is 4.74 Å². The molecule has 1 aliphatic heterocycles. The molecule has 0 spiro atoms. The van der Waals surface area contributed by atoms with Crippen LogP contribution in [0.15, 0.2) is 54.6 Å². The average molecular weight is 367 g/mol. The van der Waals surface area contributed by atoms with Crippen molar-refractivity contribution in [2.75, 3.05) is 49.6 Å². The number of carbonyl (C=O) groups is 2. The third-order valence-electron chi connectivity index (χ3n) is 4.80. The van der Waals surface area contributed by atoms with Gasteiger partial charge in [0.15, 0.2) is 0 Å². The molecule has 1 heterocycles. The number of piperazine rings is 1. The third-order valence-corrected chi connectivity index (χ3v) is 4.80. The minimum absolute atomic E-state index is 0.0336. The van der Waals surface area contributed by atoms with Gasteiger partial charge < -0.3 is 19.4 Å². The van der Waals surface area contributed by atoms with Crippen molar-refractivity contribution in [2.45, 2.75) is 6.92 Å². The Morgan fingerprint density at radius 1 is 0.963 bits per heavy atom. The quantitative estimate of drug-likeness (QED) is 0.814. The van der Waals surface area contributed by atoms with Crippen LogP contribution in [0.2, 0.25) is 0 Å². The molecule has 142 valence electrons. The van der Waals surface area contributed by atoms with Crippen molar-refractivity contribution in [3.05, 3.63) is 54.6 Å². The summed E-state index contributed by atoms with van der Waals surface area (Å²) < 4.78 is 5.43. The van der Waals surface area contributed by atoms with E-state index in [2.05, 4.69) is 4.90 Å². The predicted molar refractivity (Wildman–Crippen MR) is 106 cm³/mol. The van der Waals surface area contributed by atoms with Crippen molar-refractivity contribution < 1.29 is 14.3 Å². The van der Waals surface area contributed by atoms with E-state index in [1.54, 1.807) is 7.11 Å². The first-order valence-electron chi connectivity index (χ1n) is 9.09. The highest BCUT2D eigenvalue weighted by Crippen LogP contribution is 2.28. The number of rotatable bonds is 5. The fourth-order valence-electron chi connectivity index (χ4n) is 3.32. The van der Waals surface area contributed by atoms with Gasteiger partial charge in [-0.1, -0.05) is 30.3 Å². The van der Waals surface area contributed by atoms with E-state index in [-0.39, 0.29) is 18.4 Å². The molecule has 0 aliphatic carbocycles. The Kier molecular flexibility index (Phi) is 5.96. The summed E-state index contributed by atoms with van der Waals surface area (Å²) in [6.07, 6.45) is 0. The molecule has 0 saturated carbocycles. The zero-order valence-corrected chi connectivity index (χ0v) is 15.8. The van der Waals surface area contributed by atoms with Crippen molar-refractivity contribution in [3.63, 3.8) is 0 Å². The van der Waals surface area contributed by atoms with Crippen molar-refractivity contribution in [1.29, 1.82) is 0 Å². The summed E-state index contributed by atoms with van der Waals surface area (Å²) in [6, 6.07) is 17.2. The number of hydrogen-bond acceptors (Lipinski definition) is 4. The summed E-state index contributed by atoms with van der Waals surface area (Å²) in [5.74, 6) is 0.667. The van der Waals surface area contributed by atoms with E-state index in [1.165, 1.54) is 11.8 Å². The molecule has 0 aromatic heterocycles. The largest absolute Gasteiger partial charge is 0.495 e. The number of anilines is 2. The second-order valence-corrected chi connectivity index (χ2v) is 6.48. The Bertz CT molecular complexity index is 786. The second-order valence-electron chi connectivity index (χ2n) is 6.48. The molecule has 6 heteroatoms. The lowest BCUT2D eigenvalue weighted by Crippen LogP contribution is -2.51. The van der Waals surface area contributed by atoms with Gasteiger partial charge in [0.1, 0.15) is 12.3 Å². The van der Waals surface area contributed by atoms with Crippen LogP contribution in [0, 0.1) is 0 Å². The maximum Gasteiger partial charge on any atom is 0.242 e. The first-order valence-corrected chi connectivity index (χ1v) is 9.09. The molecule has 0 N–H and O–H groups in total. The minimum Gasteiger partial charge on any atom is -0.495 e. The number of nitrogens with zero attached hydrogens (tertiary/aromatic N) is 3. The fourth-order valence-corrected chi connectivity index (χ4v) is 3.32. The first-order chi connectivity index (χ1) is 13.1. The van der Waals surface area contributed by atoms with Gasteiger partial charge in [0.2, 0.25) is 11.8 Å². The van der Waals surface area contributed by atoms with Crippen LogP contribution in [0.1, 0.15) is 6.92 Å². The second kappa shape index (κ2) is 8.58. The Morgan fingerprint density at radius 2 is 1.59 bits per heavy atom. The van der Waals surface area contributed by atoms with Crippen LogP contribution in [0.3, 0.4) is 0 Å². The van der Waals surface area contributed by atoms with Gasteiger partial charge in [-0.05, 0) is 24.3 Å². The molecule has 2 aromatic rings. The Morgan fingerprint density at radius 3 is 2.22 bits per heavy atom. The number of carbonyl (C=O) groups excluding carboxylic acids is 2. The van der Waals surface area contributed by atoms with Crippen LogP contribution >= 0.6 is 0 Å². The van der Waals surface area contributed by atoms with Gasteiger partial charge in [0.25, 0.3) is 0 Å². The van der Waals surface area contributed by atoms with Crippen LogP contribution in [0.5, 0.6) is 5.75 Å². The monoisotopic (exact) mass is 367 g/mol. The highest BCUT2D eigenvalue weighted by atomic mass is 16.5. The van der Waals surface area contributed by atoms with Crippen LogP contribution in [0.25, 0.3) is 0 Å².